The largest absolute Gasteiger partial charge is 0.385 e. The fourth-order valence-electron chi connectivity index (χ4n) is 2.40. The van der Waals surface area contributed by atoms with E-state index in [0.29, 0.717) is 11.8 Å². The Balaban J connectivity index is 2.83. The van der Waals surface area contributed by atoms with E-state index in [1.54, 1.807) is 0 Å². The third-order valence-corrected chi connectivity index (χ3v) is 3.12. The second kappa shape index (κ2) is 3.85. The summed E-state index contributed by atoms with van der Waals surface area (Å²) in [6, 6.07) is 6.40. The Morgan fingerprint density at radius 3 is 2.31 bits per heavy atom. The van der Waals surface area contributed by atoms with Gasteiger partial charge in [0.15, 0.2) is 0 Å². The molecule has 0 aliphatic carbocycles. The van der Waals surface area contributed by atoms with E-state index in [1.165, 1.54) is 16.5 Å². The Morgan fingerprint density at radius 1 is 1.06 bits per heavy atom. The minimum absolute atomic E-state index is 0.452. The molecule has 0 saturated carbocycles. The molecule has 0 unspecified atom stereocenters. The van der Waals surface area contributed by atoms with Crippen LogP contribution in [0.1, 0.15) is 50.7 Å². The maximum absolute atomic E-state index is 6.07. The van der Waals surface area contributed by atoms with Crippen LogP contribution in [0, 0.1) is 0 Å². The molecule has 86 valence electrons. The van der Waals surface area contributed by atoms with Gasteiger partial charge in [-0.1, -0.05) is 39.8 Å². The van der Waals surface area contributed by atoms with E-state index in [1.807, 2.05) is 0 Å². The third kappa shape index (κ3) is 1.58. The summed E-state index contributed by atoms with van der Waals surface area (Å²) in [5.74, 6) is 1.79. The molecule has 0 bridgehead atoms. The lowest BCUT2D eigenvalue weighted by Crippen LogP contribution is -1.96. The Labute approximate surface area is 96.9 Å². The van der Waals surface area contributed by atoms with E-state index in [-0.39, 0.29) is 0 Å². The number of fused-ring (bicyclic) bond motifs is 1. The number of aromatic nitrogens is 1. The summed E-state index contributed by atoms with van der Waals surface area (Å²) in [7, 11) is 0. The molecule has 2 rings (SSSR count). The molecule has 0 saturated heterocycles. The van der Waals surface area contributed by atoms with Crippen LogP contribution in [0.2, 0.25) is 0 Å². The molecule has 16 heavy (non-hydrogen) atoms. The molecule has 0 atom stereocenters. The molecular formula is C14H20N2. The van der Waals surface area contributed by atoms with Crippen molar-refractivity contribution in [2.24, 2.45) is 0 Å². The van der Waals surface area contributed by atoms with E-state index in [0.717, 1.165) is 11.3 Å². The second-order valence-corrected chi connectivity index (χ2v) is 5.03. The maximum atomic E-state index is 6.07. The van der Waals surface area contributed by atoms with Crippen molar-refractivity contribution in [3.05, 3.63) is 29.3 Å². The first kappa shape index (κ1) is 11.1. The zero-order valence-corrected chi connectivity index (χ0v) is 10.5. The van der Waals surface area contributed by atoms with Crippen molar-refractivity contribution in [3.8, 4) is 0 Å². The van der Waals surface area contributed by atoms with E-state index < -0.39 is 0 Å². The molecule has 0 aliphatic rings. The lowest BCUT2D eigenvalue weighted by molar-refractivity contribution is 0.857. The van der Waals surface area contributed by atoms with Crippen LogP contribution in [0.4, 0.5) is 5.82 Å². The standard InChI is InChI=1S/C14H20N2/c1-8(2)10-6-5-7-11-13(10)12(9(3)4)14(15)16-11/h5-9,16H,15H2,1-4H3. The zero-order valence-electron chi connectivity index (χ0n) is 10.5. The molecule has 1 heterocycles. The zero-order chi connectivity index (χ0) is 11.9. The fourth-order valence-corrected chi connectivity index (χ4v) is 2.40. The molecule has 0 aliphatic heterocycles. The van der Waals surface area contributed by atoms with Crippen molar-refractivity contribution >= 4 is 16.7 Å². The number of hydrogen-bond acceptors (Lipinski definition) is 1. The monoisotopic (exact) mass is 216 g/mol. The summed E-state index contributed by atoms with van der Waals surface area (Å²) in [6.07, 6.45) is 0. The minimum Gasteiger partial charge on any atom is -0.385 e. The van der Waals surface area contributed by atoms with Crippen LogP contribution in [0.15, 0.2) is 18.2 Å². The van der Waals surface area contributed by atoms with Gasteiger partial charge in [0.2, 0.25) is 0 Å². The van der Waals surface area contributed by atoms with Crippen molar-refractivity contribution in [1.82, 2.24) is 4.98 Å². The molecule has 3 N–H and O–H groups in total. The quantitative estimate of drug-likeness (QED) is 0.782. The first-order valence-electron chi connectivity index (χ1n) is 5.92. The molecule has 1 aromatic carbocycles. The first-order chi connectivity index (χ1) is 7.52. The van der Waals surface area contributed by atoms with Crippen molar-refractivity contribution in [2.75, 3.05) is 5.73 Å². The van der Waals surface area contributed by atoms with Crippen LogP contribution in [0.3, 0.4) is 0 Å². The van der Waals surface area contributed by atoms with Crippen molar-refractivity contribution in [3.63, 3.8) is 0 Å². The number of rotatable bonds is 2. The average Bonchev–Trinajstić information content (AvgIpc) is 2.52. The summed E-state index contributed by atoms with van der Waals surface area (Å²) in [6.45, 7) is 8.83. The molecule has 1 aromatic heterocycles. The normalized spacial score (nSPS) is 11.9. The Hall–Kier alpha value is -1.44. The highest BCUT2D eigenvalue weighted by Gasteiger charge is 2.16. The van der Waals surface area contributed by atoms with Crippen molar-refractivity contribution < 1.29 is 0 Å². The molecule has 2 heteroatoms. The van der Waals surface area contributed by atoms with Crippen LogP contribution in [-0.4, -0.2) is 4.98 Å². The van der Waals surface area contributed by atoms with Gasteiger partial charge in [0.05, 0.1) is 0 Å². The van der Waals surface area contributed by atoms with Gasteiger partial charge >= 0.3 is 0 Å². The van der Waals surface area contributed by atoms with E-state index in [4.69, 9.17) is 5.73 Å². The molecule has 2 aromatic rings. The van der Waals surface area contributed by atoms with Crippen molar-refractivity contribution in [1.29, 1.82) is 0 Å². The predicted octanol–water partition coefficient (Wildman–Crippen LogP) is 4.00. The van der Waals surface area contributed by atoms with E-state index in [2.05, 4.69) is 50.9 Å². The summed E-state index contributed by atoms with van der Waals surface area (Å²) in [4.78, 5) is 3.28. The number of nitrogens with one attached hydrogen (secondary N) is 1. The van der Waals surface area contributed by atoms with Gasteiger partial charge in [-0.3, -0.25) is 0 Å². The SMILES string of the molecule is CC(C)c1cccc2[nH]c(N)c(C(C)C)c12. The van der Waals surface area contributed by atoms with Gasteiger partial charge in [-0.15, -0.1) is 0 Å². The molecule has 0 radical (unpaired) electrons. The van der Waals surface area contributed by atoms with Crippen LogP contribution in [-0.2, 0) is 0 Å². The van der Waals surface area contributed by atoms with Crippen LogP contribution in [0.25, 0.3) is 10.9 Å². The lowest BCUT2D eigenvalue weighted by atomic mass is 9.93. The topological polar surface area (TPSA) is 41.8 Å². The van der Waals surface area contributed by atoms with Crippen LogP contribution < -0.4 is 5.73 Å². The van der Waals surface area contributed by atoms with Crippen molar-refractivity contribution in [2.45, 2.75) is 39.5 Å². The summed E-state index contributed by atoms with van der Waals surface area (Å²) >= 11 is 0. The highest BCUT2D eigenvalue weighted by atomic mass is 14.9. The Bertz CT molecular complexity index is 507. The van der Waals surface area contributed by atoms with Gasteiger partial charge in [0, 0.05) is 16.5 Å². The fraction of sp³-hybridized carbons (Fsp3) is 0.429. The molecule has 0 amide bonds. The highest BCUT2D eigenvalue weighted by Crippen LogP contribution is 2.35. The number of nitrogens with two attached hydrogens (primary N) is 1. The molecule has 0 fully saturated rings. The van der Waals surface area contributed by atoms with Gasteiger partial charge < -0.3 is 10.7 Å². The minimum atomic E-state index is 0.452. The van der Waals surface area contributed by atoms with Crippen LogP contribution in [0.5, 0.6) is 0 Å². The average molecular weight is 216 g/mol. The molecule has 2 nitrogen and oxygen atoms in total. The molecular weight excluding hydrogens is 196 g/mol. The Kier molecular flexibility index (Phi) is 2.66. The number of H-pyrrole nitrogens is 1. The lowest BCUT2D eigenvalue weighted by Gasteiger charge is -2.11. The van der Waals surface area contributed by atoms with E-state index >= 15 is 0 Å². The first-order valence-corrected chi connectivity index (χ1v) is 5.92. The second-order valence-electron chi connectivity index (χ2n) is 5.03. The van der Waals surface area contributed by atoms with Gasteiger partial charge in [0.1, 0.15) is 5.82 Å². The number of nitrogen functional groups attached to an aromatic ring is 1. The summed E-state index contributed by atoms with van der Waals surface area (Å²) in [5, 5.41) is 1.32. The Morgan fingerprint density at radius 2 is 1.75 bits per heavy atom. The highest BCUT2D eigenvalue weighted by molar-refractivity contribution is 5.92. The number of hydrogen-bond donors (Lipinski definition) is 2. The van der Waals surface area contributed by atoms with E-state index in [9.17, 15) is 0 Å². The number of anilines is 1. The van der Waals surface area contributed by atoms with Gasteiger partial charge in [-0.05, 0) is 23.5 Å². The number of aromatic amines is 1. The van der Waals surface area contributed by atoms with Gasteiger partial charge in [-0.25, -0.2) is 0 Å². The summed E-state index contributed by atoms with van der Waals surface area (Å²) in [5.41, 5.74) is 9.87. The van der Waals surface area contributed by atoms with Gasteiger partial charge in [-0.2, -0.15) is 0 Å². The number of benzene rings is 1. The van der Waals surface area contributed by atoms with Crippen LogP contribution >= 0.6 is 0 Å². The maximum Gasteiger partial charge on any atom is 0.105 e. The molecule has 0 spiro atoms. The predicted molar refractivity (Wildman–Crippen MR) is 70.9 cm³/mol. The third-order valence-electron chi connectivity index (χ3n) is 3.12. The smallest absolute Gasteiger partial charge is 0.105 e. The summed E-state index contributed by atoms with van der Waals surface area (Å²) < 4.78 is 0. The van der Waals surface area contributed by atoms with Gasteiger partial charge in [0.25, 0.3) is 0 Å².